The zero-order valence-corrected chi connectivity index (χ0v) is 22.5. The van der Waals surface area contributed by atoms with Crippen LogP contribution < -0.4 is 4.90 Å². The van der Waals surface area contributed by atoms with E-state index in [0.717, 1.165) is 53.6 Å². The number of anilines is 1. The topological polar surface area (TPSA) is 88.8 Å². The maximum Gasteiger partial charge on any atom is 0.308 e. The standard InChI is InChI=1S/C29H36N2O5S/c1-3-30(23-8-4-6-20(16-23)7-5-14-32)28(34)19-31-24-13-15-37-27(24)18-25(31)26(33)17-21-9-11-22(12-10-21)29(35)36-2/h4,6,8,13,15-16,18,21-22,32H,3,5,7,9-12,14,17,19H2,1-2H3. The molecule has 37 heavy (non-hydrogen) atoms. The molecule has 1 fully saturated rings. The number of aliphatic hydroxyl groups is 1. The minimum absolute atomic E-state index is 0.0479. The third kappa shape index (κ3) is 6.30. The van der Waals surface area contributed by atoms with Crippen molar-refractivity contribution in [1.29, 1.82) is 0 Å². The molecule has 0 saturated heterocycles. The van der Waals surface area contributed by atoms with E-state index in [1.807, 2.05) is 53.3 Å². The molecule has 0 aliphatic heterocycles. The summed E-state index contributed by atoms with van der Waals surface area (Å²) in [6.07, 6.45) is 5.02. The number of aromatic nitrogens is 1. The Morgan fingerprint density at radius 2 is 1.92 bits per heavy atom. The Morgan fingerprint density at radius 1 is 1.14 bits per heavy atom. The highest BCUT2D eigenvalue weighted by atomic mass is 32.1. The number of esters is 1. The Balaban J connectivity index is 1.50. The van der Waals surface area contributed by atoms with Gasteiger partial charge in [0.25, 0.3) is 0 Å². The zero-order chi connectivity index (χ0) is 26.4. The van der Waals surface area contributed by atoms with Crippen LogP contribution in [0.2, 0.25) is 0 Å². The molecule has 7 nitrogen and oxygen atoms in total. The lowest BCUT2D eigenvalue weighted by molar-refractivity contribution is -0.146. The lowest BCUT2D eigenvalue weighted by Gasteiger charge is -2.26. The van der Waals surface area contributed by atoms with Crippen LogP contribution in [0.5, 0.6) is 0 Å². The van der Waals surface area contributed by atoms with Gasteiger partial charge in [0.05, 0.1) is 28.9 Å². The lowest BCUT2D eigenvalue weighted by atomic mass is 9.79. The quantitative estimate of drug-likeness (QED) is 0.274. The molecular weight excluding hydrogens is 488 g/mol. The molecule has 1 aliphatic carbocycles. The van der Waals surface area contributed by atoms with Crippen molar-refractivity contribution in [3.63, 3.8) is 0 Å². The number of aryl methyl sites for hydroxylation is 1. The van der Waals surface area contributed by atoms with Crippen LogP contribution in [0.1, 0.15) is 61.5 Å². The number of methoxy groups -OCH3 is 1. The fourth-order valence-electron chi connectivity index (χ4n) is 5.40. The van der Waals surface area contributed by atoms with Gasteiger partial charge in [0.1, 0.15) is 6.54 Å². The van der Waals surface area contributed by atoms with Gasteiger partial charge in [-0.15, -0.1) is 11.3 Å². The number of thiophene rings is 1. The molecule has 2 aromatic heterocycles. The van der Waals surface area contributed by atoms with Crippen molar-refractivity contribution in [1.82, 2.24) is 4.57 Å². The number of aliphatic hydroxyl groups excluding tert-OH is 1. The molecule has 198 valence electrons. The number of ketones is 1. The van der Waals surface area contributed by atoms with Gasteiger partial charge >= 0.3 is 5.97 Å². The van der Waals surface area contributed by atoms with E-state index in [1.54, 1.807) is 16.2 Å². The van der Waals surface area contributed by atoms with E-state index in [9.17, 15) is 14.4 Å². The summed E-state index contributed by atoms with van der Waals surface area (Å²) in [6, 6.07) is 11.8. The molecule has 1 saturated carbocycles. The largest absolute Gasteiger partial charge is 0.469 e. The minimum atomic E-state index is -0.156. The Hall–Kier alpha value is -2.97. The SMILES string of the molecule is CCN(C(=O)Cn1c(C(=O)CC2CCC(C(=O)OC)CC2)cc2sccc21)c1cccc(CCCO)c1. The van der Waals surface area contributed by atoms with Crippen molar-refractivity contribution in [2.45, 2.75) is 58.4 Å². The number of rotatable bonds is 11. The number of likely N-dealkylation sites (N-methyl/N-ethyl adjacent to an activating group) is 1. The zero-order valence-electron chi connectivity index (χ0n) is 21.7. The molecule has 2 heterocycles. The van der Waals surface area contributed by atoms with Crippen molar-refractivity contribution < 1.29 is 24.2 Å². The molecule has 0 atom stereocenters. The average molecular weight is 525 g/mol. The van der Waals surface area contributed by atoms with E-state index in [0.29, 0.717) is 25.1 Å². The van der Waals surface area contributed by atoms with Crippen molar-refractivity contribution >= 4 is 44.9 Å². The Morgan fingerprint density at radius 3 is 2.62 bits per heavy atom. The first-order chi connectivity index (χ1) is 17.9. The normalized spacial score (nSPS) is 17.6. The third-order valence-corrected chi connectivity index (χ3v) is 8.27. The van der Waals surface area contributed by atoms with Crippen LogP contribution in [-0.4, -0.2) is 47.6 Å². The van der Waals surface area contributed by atoms with Gasteiger partial charge in [-0.3, -0.25) is 14.4 Å². The van der Waals surface area contributed by atoms with Crippen LogP contribution in [0.25, 0.3) is 10.2 Å². The van der Waals surface area contributed by atoms with Gasteiger partial charge in [-0.05, 0) is 86.6 Å². The van der Waals surface area contributed by atoms with Gasteiger partial charge in [0.15, 0.2) is 5.78 Å². The highest BCUT2D eigenvalue weighted by molar-refractivity contribution is 7.17. The minimum Gasteiger partial charge on any atom is -0.469 e. The maximum atomic E-state index is 13.5. The molecule has 0 radical (unpaired) electrons. The van der Waals surface area contributed by atoms with Gasteiger partial charge in [-0.25, -0.2) is 0 Å². The first kappa shape index (κ1) is 27.1. The summed E-state index contributed by atoms with van der Waals surface area (Å²) in [6.45, 7) is 2.69. The second kappa shape index (κ2) is 12.5. The predicted octanol–water partition coefficient (Wildman–Crippen LogP) is 5.23. The molecule has 0 spiro atoms. The number of fused-ring (bicyclic) bond motifs is 1. The number of Topliss-reactive ketones (excluding diaryl/α,β-unsaturated/α-hetero) is 1. The molecule has 1 amide bonds. The fraction of sp³-hybridized carbons (Fsp3) is 0.483. The maximum absolute atomic E-state index is 13.5. The van der Waals surface area contributed by atoms with Crippen molar-refractivity contribution in [3.8, 4) is 0 Å². The average Bonchev–Trinajstić information content (AvgIpc) is 3.51. The van der Waals surface area contributed by atoms with Crippen LogP contribution in [0, 0.1) is 11.8 Å². The van der Waals surface area contributed by atoms with Gasteiger partial charge in [0, 0.05) is 25.3 Å². The van der Waals surface area contributed by atoms with E-state index in [1.165, 1.54) is 7.11 Å². The number of hydrogen-bond donors (Lipinski definition) is 1. The van der Waals surface area contributed by atoms with Gasteiger partial charge in [0.2, 0.25) is 5.91 Å². The van der Waals surface area contributed by atoms with Crippen LogP contribution >= 0.6 is 11.3 Å². The number of amides is 1. The lowest BCUT2D eigenvalue weighted by Crippen LogP contribution is -2.34. The summed E-state index contributed by atoms with van der Waals surface area (Å²) in [7, 11) is 1.42. The molecule has 8 heteroatoms. The van der Waals surface area contributed by atoms with E-state index in [-0.39, 0.29) is 42.6 Å². The smallest absolute Gasteiger partial charge is 0.308 e. The third-order valence-electron chi connectivity index (χ3n) is 7.42. The van der Waals surface area contributed by atoms with Crippen molar-refractivity contribution in [2.75, 3.05) is 25.2 Å². The van der Waals surface area contributed by atoms with E-state index >= 15 is 0 Å². The number of carbonyl (C=O) groups excluding carboxylic acids is 3. The number of hydrogen-bond acceptors (Lipinski definition) is 6. The number of carbonyl (C=O) groups is 3. The monoisotopic (exact) mass is 524 g/mol. The molecule has 4 rings (SSSR count). The molecule has 0 unspecified atom stereocenters. The highest BCUT2D eigenvalue weighted by Gasteiger charge is 2.29. The van der Waals surface area contributed by atoms with Crippen LogP contribution in [0.3, 0.4) is 0 Å². The summed E-state index contributed by atoms with van der Waals surface area (Å²) >= 11 is 1.57. The predicted molar refractivity (Wildman–Crippen MR) is 146 cm³/mol. The highest BCUT2D eigenvalue weighted by Crippen LogP contribution is 2.34. The number of nitrogens with zero attached hydrogens (tertiary/aromatic N) is 2. The molecule has 1 aliphatic rings. The molecule has 1 N–H and O–H groups in total. The fourth-order valence-corrected chi connectivity index (χ4v) is 6.22. The van der Waals surface area contributed by atoms with Gasteiger partial charge < -0.3 is 19.3 Å². The van der Waals surface area contributed by atoms with Crippen LogP contribution in [0.4, 0.5) is 5.69 Å². The first-order valence-corrected chi connectivity index (χ1v) is 14.0. The van der Waals surface area contributed by atoms with Crippen LogP contribution in [0.15, 0.2) is 41.8 Å². The summed E-state index contributed by atoms with van der Waals surface area (Å²) in [4.78, 5) is 40.6. The van der Waals surface area contributed by atoms with E-state index in [4.69, 9.17) is 9.84 Å². The summed E-state index contributed by atoms with van der Waals surface area (Å²) in [5, 5.41) is 11.1. The molecule has 1 aromatic carbocycles. The second-order valence-electron chi connectivity index (χ2n) is 9.79. The molecular formula is C29H36N2O5S. The van der Waals surface area contributed by atoms with E-state index < -0.39 is 0 Å². The summed E-state index contributed by atoms with van der Waals surface area (Å²) < 4.78 is 7.75. The summed E-state index contributed by atoms with van der Waals surface area (Å²) in [5.41, 5.74) is 3.39. The van der Waals surface area contributed by atoms with Crippen LogP contribution in [-0.2, 0) is 27.3 Å². The van der Waals surface area contributed by atoms with Gasteiger partial charge in [-0.1, -0.05) is 12.1 Å². The van der Waals surface area contributed by atoms with Gasteiger partial charge in [-0.2, -0.15) is 0 Å². The van der Waals surface area contributed by atoms with E-state index in [2.05, 4.69) is 0 Å². The number of benzene rings is 1. The van der Waals surface area contributed by atoms with Crippen molar-refractivity contribution in [3.05, 3.63) is 53.0 Å². The Bertz CT molecular complexity index is 1240. The molecule has 0 bridgehead atoms. The summed E-state index contributed by atoms with van der Waals surface area (Å²) in [5.74, 6) is -0.00800. The van der Waals surface area contributed by atoms with Crippen molar-refractivity contribution in [2.24, 2.45) is 11.8 Å². The Kier molecular flexibility index (Phi) is 9.16. The second-order valence-corrected chi connectivity index (χ2v) is 10.7. The molecule has 3 aromatic rings. The number of ether oxygens (including phenoxy) is 1. The Labute approximate surface area is 222 Å². The first-order valence-electron chi connectivity index (χ1n) is 13.1.